The van der Waals surface area contributed by atoms with Gasteiger partial charge in [0.05, 0.1) is 6.10 Å². The number of β-amino-alcohol motifs (C(OH)–C–C–N with tert-alkyl or cyclic N) is 1. The van der Waals surface area contributed by atoms with E-state index in [2.05, 4.69) is 44.0 Å². The molecule has 5 heteroatoms. The molecule has 0 bridgehead atoms. The minimum absolute atomic E-state index is 0.356. The summed E-state index contributed by atoms with van der Waals surface area (Å²) in [7, 11) is 0. The first kappa shape index (κ1) is 15.2. The number of hydrogen-bond acceptors (Lipinski definition) is 4. The van der Waals surface area contributed by atoms with Crippen molar-refractivity contribution < 1.29 is 5.11 Å². The third-order valence-electron chi connectivity index (χ3n) is 4.59. The van der Waals surface area contributed by atoms with Gasteiger partial charge in [0.2, 0.25) is 0 Å². The van der Waals surface area contributed by atoms with Gasteiger partial charge in [-0.1, -0.05) is 18.2 Å². The topological polar surface area (TPSA) is 55.4 Å². The van der Waals surface area contributed by atoms with Crippen LogP contribution < -0.4 is 4.90 Å². The number of rotatable bonds is 3. The van der Waals surface area contributed by atoms with E-state index in [1.54, 1.807) is 12.4 Å². The standard InChI is InChI=1S/C19H22N4O/c24-18-13-22(9-10-23(14-18)17-5-7-20-8-6-17)12-16-11-15-3-1-2-4-19(15)21-16/h1-8,11,18,21,24H,9-10,12-14H2/t18-/m1/s1. The van der Waals surface area contributed by atoms with Crippen LogP contribution in [0.2, 0.25) is 0 Å². The first-order chi connectivity index (χ1) is 11.8. The summed E-state index contributed by atoms with van der Waals surface area (Å²) in [4.78, 5) is 12.1. The molecule has 5 nitrogen and oxygen atoms in total. The molecule has 24 heavy (non-hydrogen) atoms. The van der Waals surface area contributed by atoms with E-state index in [1.807, 2.05) is 18.2 Å². The maximum Gasteiger partial charge on any atom is 0.0841 e. The number of benzene rings is 1. The van der Waals surface area contributed by atoms with Crippen LogP contribution in [0.4, 0.5) is 5.69 Å². The summed E-state index contributed by atoms with van der Waals surface area (Å²) in [6.45, 7) is 4.01. The predicted octanol–water partition coefficient (Wildman–Crippen LogP) is 2.25. The second-order valence-corrected chi connectivity index (χ2v) is 6.42. The fourth-order valence-corrected chi connectivity index (χ4v) is 3.45. The van der Waals surface area contributed by atoms with E-state index in [0.29, 0.717) is 13.1 Å². The molecule has 124 valence electrons. The summed E-state index contributed by atoms with van der Waals surface area (Å²) < 4.78 is 0. The van der Waals surface area contributed by atoms with Gasteiger partial charge >= 0.3 is 0 Å². The fourth-order valence-electron chi connectivity index (χ4n) is 3.45. The number of aliphatic hydroxyl groups excluding tert-OH is 1. The lowest BCUT2D eigenvalue weighted by Gasteiger charge is -2.23. The molecular weight excluding hydrogens is 300 g/mol. The summed E-state index contributed by atoms with van der Waals surface area (Å²) in [5.41, 5.74) is 3.48. The maximum atomic E-state index is 10.4. The molecule has 1 saturated heterocycles. The number of nitrogens with one attached hydrogen (secondary N) is 1. The molecule has 3 aromatic rings. The quantitative estimate of drug-likeness (QED) is 0.776. The molecule has 1 atom stereocenters. The number of para-hydroxylation sites is 1. The molecule has 1 fully saturated rings. The molecule has 1 aliphatic rings. The highest BCUT2D eigenvalue weighted by molar-refractivity contribution is 5.80. The Morgan fingerprint density at radius 1 is 1.08 bits per heavy atom. The molecular formula is C19H22N4O. The zero-order valence-electron chi connectivity index (χ0n) is 13.6. The number of aliphatic hydroxyl groups is 1. The lowest BCUT2D eigenvalue weighted by Crippen LogP contribution is -2.33. The van der Waals surface area contributed by atoms with Crippen LogP contribution >= 0.6 is 0 Å². The van der Waals surface area contributed by atoms with E-state index >= 15 is 0 Å². The Bertz CT molecular complexity index is 768. The predicted molar refractivity (Wildman–Crippen MR) is 96.0 cm³/mol. The molecule has 0 radical (unpaired) electrons. The SMILES string of the molecule is O[C@@H]1CN(Cc2cc3ccccc3[nH]2)CCN(c2ccncc2)C1. The molecule has 3 heterocycles. The number of aromatic nitrogens is 2. The van der Waals surface area contributed by atoms with E-state index < -0.39 is 0 Å². The van der Waals surface area contributed by atoms with Gasteiger partial charge in [-0.15, -0.1) is 0 Å². The molecule has 2 N–H and O–H groups in total. The van der Waals surface area contributed by atoms with Gasteiger partial charge in [-0.2, -0.15) is 0 Å². The lowest BCUT2D eigenvalue weighted by molar-refractivity contribution is 0.128. The number of aromatic amines is 1. The van der Waals surface area contributed by atoms with Crippen molar-refractivity contribution in [3.63, 3.8) is 0 Å². The smallest absolute Gasteiger partial charge is 0.0841 e. The first-order valence-electron chi connectivity index (χ1n) is 8.40. The van der Waals surface area contributed by atoms with E-state index in [9.17, 15) is 5.11 Å². The van der Waals surface area contributed by atoms with Crippen molar-refractivity contribution in [2.24, 2.45) is 0 Å². The van der Waals surface area contributed by atoms with Crippen molar-refractivity contribution in [1.82, 2.24) is 14.9 Å². The monoisotopic (exact) mass is 322 g/mol. The Morgan fingerprint density at radius 2 is 1.92 bits per heavy atom. The van der Waals surface area contributed by atoms with Crippen molar-refractivity contribution in [1.29, 1.82) is 0 Å². The van der Waals surface area contributed by atoms with E-state index in [0.717, 1.165) is 25.3 Å². The highest BCUT2D eigenvalue weighted by atomic mass is 16.3. The van der Waals surface area contributed by atoms with Crippen LogP contribution in [-0.4, -0.2) is 52.3 Å². The summed E-state index contributed by atoms with van der Waals surface area (Å²) in [6.07, 6.45) is 3.24. The van der Waals surface area contributed by atoms with Crippen molar-refractivity contribution in [3.8, 4) is 0 Å². The van der Waals surface area contributed by atoms with Crippen LogP contribution in [0.5, 0.6) is 0 Å². The lowest BCUT2D eigenvalue weighted by atomic mass is 10.2. The van der Waals surface area contributed by atoms with Crippen LogP contribution in [0, 0.1) is 0 Å². The Hall–Kier alpha value is -2.37. The van der Waals surface area contributed by atoms with Gasteiger partial charge in [-0.05, 0) is 29.7 Å². The number of nitrogens with zero attached hydrogens (tertiary/aromatic N) is 3. The third-order valence-corrected chi connectivity index (χ3v) is 4.59. The summed E-state index contributed by atoms with van der Waals surface area (Å²) in [5.74, 6) is 0. The Balaban J connectivity index is 1.46. The van der Waals surface area contributed by atoms with E-state index in [-0.39, 0.29) is 6.10 Å². The first-order valence-corrected chi connectivity index (χ1v) is 8.40. The number of pyridine rings is 1. The van der Waals surface area contributed by atoms with Gasteiger partial charge in [-0.3, -0.25) is 9.88 Å². The van der Waals surface area contributed by atoms with Crippen molar-refractivity contribution in [2.75, 3.05) is 31.1 Å². The number of H-pyrrole nitrogens is 1. The molecule has 1 aliphatic heterocycles. The largest absolute Gasteiger partial charge is 0.390 e. The fraction of sp³-hybridized carbons (Fsp3) is 0.316. The van der Waals surface area contributed by atoms with Crippen molar-refractivity contribution in [3.05, 3.63) is 60.6 Å². The molecule has 0 saturated carbocycles. The third kappa shape index (κ3) is 3.27. The van der Waals surface area contributed by atoms with Crippen LogP contribution in [0.15, 0.2) is 54.9 Å². The average Bonchev–Trinajstić information content (AvgIpc) is 2.91. The normalized spacial score (nSPS) is 19.5. The zero-order chi connectivity index (χ0) is 16.4. The Labute approximate surface area is 141 Å². The molecule has 0 spiro atoms. The molecule has 1 aromatic carbocycles. The molecule has 0 unspecified atom stereocenters. The minimum atomic E-state index is -0.356. The van der Waals surface area contributed by atoms with Crippen LogP contribution in [0.1, 0.15) is 5.69 Å². The minimum Gasteiger partial charge on any atom is -0.390 e. The number of anilines is 1. The highest BCUT2D eigenvalue weighted by Crippen LogP contribution is 2.19. The Morgan fingerprint density at radius 3 is 2.75 bits per heavy atom. The molecule has 4 rings (SSSR count). The van der Waals surface area contributed by atoms with E-state index in [4.69, 9.17) is 0 Å². The van der Waals surface area contributed by atoms with Gasteiger partial charge in [0.1, 0.15) is 0 Å². The van der Waals surface area contributed by atoms with Gasteiger partial charge in [0, 0.05) is 62.0 Å². The highest BCUT2D eigenvalue weighted by Gasteiger charge is 2.21. The second kappa shape index (κ2) is 6.63. The average molecular weight is 322 g/mol. The van der Waals surface area contributed by atoms with Gasteiger partial charge in [0.25, 0.3) is 0 Å². The van der Waals surface area contributed by atoms with Crippen LogP contribution in [0.25, 0.3) is 10.9 Å². The van der Waals surface area contributed by atoms with Crippen LogP contribution in [0.3, 0.4) is 0 Å². The number of fused-ring (bicyclic) bond motifs is 1. The van der Waals surface area contributed by atoms with Gasteiger partial charge < -0.3 is 15.0 Å². The van der Waals surface area contributed by atoms with Crippen LogP contribution in [-0.2, 0) is 6.54 Å². The summed E-state index contributed by atoms with van der Waals surface area (Å²) >= 11 is 0. The summed E-state index contributed by atoms with van der Waals surface area (Å²) in [5, 5.41) is 11.6. The zero-order valence-corrected chi connectivity index (χ0v) is 13.6. The van der Waals surface area contributed by atoms with Gasteiger partial charge in [0.15, 0.2) is 0 Å². The van der Waals surface area contributed by atoms with Crippen molar-refractivity contribution in [2.45, 2.75) is 12.6 Å². The Kier molecular flexibility index (Phi) is 4.19. The van der Waals surface area contributed by atoms with Gasteiger partial charge in [-0.25, -0.2) is 0 Å². The number of hydrogen-bond donors (Lipinski definition) is 2. The molecule has 2 aromatic heterocycles. The van der Waals surface area contributed by atoms with Crippen molar-refractivity contribution >= 4 is 16.6 Å². The van der Waals surface area contributed by atoms with E-state index in [1.165, 1.54) is 16.6 Å². The maximum absolute atomic E-state index is 10.4. The molecule has 0 aliphatic carbocycles. The summed E-state index contributed by atoms with van der Waals surface area (Å²) in [6, 6.07) is 14.5. The molecule has 0 amide bonds. The second-order valence-electron chi connectivity index (χ2n) is 6.42.